The predicted molar refractivity (Wildman–Crippen MR) is 89.4 cm³/mol. The molecule has 0 bridgehead atoms. The number of carbonyl (C=O) groups is 1. The Kier molecular flexibility index (Phi) is 4.45. The van der Waals surface area contributed by atoms with E-state index in [2.05, 4.69) is 11.8 Å². The molecule has 0 spiro atoms. The second-order valence-corrected chi connectivity index (χ2v) is 6.31. The largest absolute Gasteiger partial charge is 0.479 e. The third-order valence-corrected chi connectivity index (χ3v) is 4.91. The van der Waals surface area contributed by atoms with E-state index in [0.717, 1.165) is 37.2 Å². The monoisotopic (exact) mass is 316 g/mol. The number of hydrogen-bond acceptors (Lipinski definition) is 4. The van der Waals surface area contributed by atoms with Crippen molar-refractivity contribution in [2.24, 2.45) is 5.73 Å². The van der Waals surface area contributed by atoms with Gasteiger partial charge in [0.05, 0.1) is 0 Å². The highest BCUT2D eigenvalue weighted by Gasteiger charge is 2.26. The molecule has 1 aromatic heterocycles. The molecule has 4 nitrogen and oxygen atoms in total. The van der Waals surface area contributed by atoms with E-state index >= 15 is 0 Å². The summed E-state index contributed by atoms with van der Waals surface area (Å²) in [5.41, 5.74) is 7.96. The van der Waals surface area contributed by atoms with Gasteiger partial charge >= 0.3 is 0 Å². The van der Waals surface area contributed by atoms with Crippen molar-refractivity contribution in [3.63, 3.8) is 0 Å². The van der Waals surface area contributed by atoms with E-state index < -0.39 is 5.91 Å². The molecule has 1 unspecified atom stereocenters. The van der Waals surface area contributed by atoms with Crippen LogP contribution in [0.15, 0.2) is 35.7 Å². The van der Waals surface area contributed by atoms with Gasteiger partial charge in [0.25, 0.3) is 5.91 Å². The van der Waals surface area contributed by atoms with E-state index in [0.29, 0.717) is 10.6 Å². The summed E-state index contributed by atoms with van der Waals surface area (Å²) < 4.78 is 6.08. The number of benzene rings is 1. The lowest BCUT2D eigenvalue weighted by Crippen LogP contribution is -2.25. The lowest BCUT2D eigenvalue weighted by atomic mass is 10.0. The van der Waals surface area contributed by atoms with Crippen LogP contribution in [0.5, 0.6) is 5.06 Å². The van der Waals surface area contributed by atoms with Crippen molar-refractivity contribution in [3.05, 3.63) is 41.3 Å². The van der Waals surface area contributed by atoms with Crippen LogP contribution in [0.1, 0.15) is 23.7 Å². The number of carbonyl (C=O) groups excluding carboxylic acids is 1. The summed E-state index contributed by atoms with van der Waals surface area (Å²) in [6.07, 6.45) is 1.13. The fraction of sp³-hybridized carbons (Fsp3) is 0.353. The molecule has 1 atom stereocenters. The zero-order valence-corrected chi connectivity index (χ0v) is 13.4. The van der Waals surface area contributed by atoms with Crippen LogP contribution in [0.3, 0.4) is 0 Å². The Labute approximate surface area is 134 Å². The highest BCUT2D eigenvalue weighted by atomic mass is 32.1. The van der Waals surface area contributed by atoms with E-state index in [-0.39, 0.29) is 6.10 Å². The number of thiophene rings is 1. The van der Waals surface area contributed by atoms with Crippen LogP contribution < -0.4 is 10.5 Å². The normalized spacial score (nSPS) is 18.5. The lowest BCUT2D eigenvalue weighted by Gasteiger charge is -2.15. The van der Waals surface area contributed by atoms with Crippen molar-refractivity contribution in [3.8, 4) is 16.2 Å². The van der Waals surface area contributed by atoms with Crippen molar-refractivity contribution in [2.45, 2.75) is 19.4 Å². The van der Waals surface area contributed by atoms with Gasteiger partial charge in [-0.1, -0.05) is 37.3 Å². The molecule has 1 saturated heterocycles. The Morgan fingerprint density at radius 2 is 2.18 bits per heavy atom. The van der Waals surface area contributed by atoms with E-state index in [1.54, 1.807) is 0 Å². The predicted octanol–water partition coefficient (Wildman–Crippen LogP) is 2.99. The second-order valence-electron chi connectivity index (χ2n) is 5.46. The van der Waals surface area contributed by atoms with Gasteiger partial charge in [-0.25, -0.2) is 0 Å². The minimum atomic E-state index is -0.430. The van der Waals surface area contributed by atoms with Gasteiger partial charge in [-0.2, -0.15) is 0 Å². The van der Waals surface area contributed by atoms with Crippen LogP contribution in [-0.2, 0) is 0 Å². The molecule has 1 amide bonds. The summed E-state index contributed by atoms with van der Waals surface area (Å²) in [6.45, 7) is 5.13. The molecule has 0 radical (unpaired) electrons. The van der Waals surface area contributed by atoms with Crippen LogP contribution in [-0.4, -0.2) is 36.5 Å². The second kappa shape index (κ2) is 6.50. The number of likely N-dealkylation sites (tertiary alicyclic amines) is 1. The summed E-state index contributed by atoms with van der Waals surface area (Å²) in [5.74, 6) is -0.430. The fourth-order valence-electron chi connectivity index (χ4n) is 2.82. The van der Waals surface area contributed by atoms with Gasteiger partial charge < -0.3 is 10.5 Å². The third-order valence-electron chi connectivity index (χ3n) is 4.04. The molecule has 2 N–H and O–H groups in total. The number of ether oxygens (including phenoxy) is 1. The molecule has 5 heteroatoms. The molecule has 3 rings (SSSR count). The molecule has 0 saturated carbocycles. The Bertz CT molecular complexity index is 654. The first-order chi connectivity index (χ1) is 10.7. The van der Waals surface area contributed by atoms with E-state index in [9.17, 15) is 4.79 Å². The average Bonchev–Trinajstić information content (AvgIpc) is 3.15. The van der Waals surface area contributed by atoms with Crippen LogP contribution in [0.25, 0.3) is 11.1 Å². The molecule has 1 aromatic carbocycles. The Morgan fingerprint density at radius 1 is 1.41 bits per heavy atom. The first-order valence-electron chi connectivity index (χ1n) is 7.54. The SMILES string of the molecule is CCN1CCC(Oc2scc(-c3ccccc3)c2C(N)=O)C1. The van der Waals surface area contributed by atoms with E-state index in [4.69, 9.17) is 10.5 Å². The zero-order valence-electron chi connectivity index (χ0n) is 12.6. The van der Waals surface area contributed by atoms with Crippen molar-refractivity contribution >= 4 is 17.2 Å². The molecule has 2 aromatic rings. The van der Waals surface area contributed by atoms with Gasteiger partial charge in [-0.15, -0.1) is 11.3 Å². The summed E-state index contributed by atoms with van der Waals surface area (Å²) in [4.78, 5) is 14.3. The van der Waals surface area contributed by atoms with Gasteiger partial charge in [0.1, 0.15) is 11.7 Å². The maximum atomic E-state index is 11.9. The molecule has 116 valence electrons. The number of primary amides is 1. The van der Waals surface area contributed by atoms with Crippen molar-refractivity contribution < 1.29 is 9.53 Å². The topological polar surface area (TPSA) is 55.6 Å². The molecule has 1 aliphatic heterocycles. The molecule has 1 fully saturated rings. The first-order valence-corrected chi connectivity index (χ1v) is 8.42. The minimum Gasteiger partial charge on any atom is -0.479 e. The number of likely N-dealkylation sites (N-methyl/N-ethyl adjacent to an activating group) is 1. The van der Waals surface area contributed by atoms with Crippen LogP contribution in [0, 0.1) is 0 Å². The Hall–Kier alpha value is -1.85. The molecule has 2 heterocycles. The van der Waals surface area contributed by atoms with Gasteiger partial charge in [0.15, 0.2) is 5.06 Å². The number of rotatable bonds is 5. The standard InChI is InChI=1S/C17H20N2O2S/c1-2-19-9-8-13(10-19)21-17-15(16(18)20)14(11-22-17)12-6-4-3-5-7-12/h3-7,11,13H,2,8-10H2,1H3,(H2,18,20). The van der Waals surface area contributed by atoms with Gasteiger partial charge in [0.2, 0.25) is 0 Å². The van der Waals surface area contributed by atoms with Crippen LogP contribution >= 0.6 is 11.3 Å². The van der Waals surface area contributed by atoms with Crippen molar-refractivity contribution in [2.75, 3.05) is 19.6 Å². The number of hydrogen-bond donors (Lipinski definition) is 1. The molecular formula is C17H20N2O2S. The lowest BCUT2D eigenvalue weighted by molar-refractivity contribution is 0.0995. The summed E-state index contributed by atoms with van der Waals surface area (Å²) in [5, 5.41) is 2.60. The van der Waals surface area contributed by atoms with Gasteiger partial charge in [-0.3, -0.25) is 9.69 Å². The molecule has 1 aliphatic rings. The van der Waals surface area contributed by atoms with Gasteiger partial charge in [-0.05, 0) is 18.5 Å². The number of amides is 1. The maximum Gasteiger partial charge on any atom is 0.254 e. The summed E-state index contributed by atoms with van der Waals surface area (Å²) in [7, 11) is 0. The molecule has 0 aliphatic carbocycles. The molecular weight excluding hydrogens is 296 g/mol. The smallest absolute Gasteiger partial charge is 0.254 e. The maximum absolute atomic E-state index is 11.9. The Balaban J connectivity index is 1.86. The number of nitrogens with zero attached hydrogens (tertiary/aromatic N) is 1. The minimum absolute atomic E-state index is 0.139. The fourth-order valence-corrected chi connectivity index (χ4v) is 3.82. The summed E-state index contributed by atoms with van der Waals surface area (Å²) in [6, 6.07) is 9.82. The first kappa shape index (κ1) is 15.1. The average molecular weight is 316 g/mol. The quantitative estimate of drug-likeness (QED) is 0.922. The highest BCUT2D eigenvalue weighted by Crippen LogP contribution is 2.38. The van der Waals surface area contributed by atoms with Crippen molar-refractivity contribution in [1.29, 1.82) is 0 Å². The van der Waals surface area contributed by atoms with Crippen LogP contribution in [0.4, 0.5) is 0 Å². The highest BCUT2D eigenvalue weighted by molar-refractivity contribution is 7.12. The molecule has 22 heavy (non-hydrogen) atoms. The van der Waals surface area contributed by atoms with E-state index in [1.807, 2.05) is 35.7 Å². The summed E-state index contributed by atoms with van der Waals surface area (Å²) >= 11 is 1.45. The van der Waals surface area contributed by atoms with Crippen LogP contribution in [0.2, 0.25) is 0 Å². The zero-order chi connectivity index (χ0) is 15.5. The van der Waals surface area contributed by atoms with E-state index in [1.165, 1.54) is 11.3 Å². The Morgan fingerprint density at radius 3 is 2.82 bits per heavy atom. The third kappa shape index (κ3) is 3.00. The van der Waals surface area contributed by atoms with Crippen molar-refractivity contribution in [1.82, 2.24) is 4.90 Å². The number of nitrogens with two attached hydrogens (primary N) is 1. The van der Waals surface area contributed by atoms with Gasteiger partial charge in [0, 0.05) is 24.0 Å².